The molecule has 19 heavy (non-hydrogen) atoms. The van der Waals surface area contributed by atoms with Gasteiger partial charge in [-0.1, -0.05) is 48.5 Å². The Morgan fingerprint density at radius 1 is 0.579 bits per heavy atom. The van der Waals surface area contributed by atoms with Crippen LogP contribution in [0.5, 0.6) is 5.75 Å². The van der Waals surface area contributed by atoms with Crippen molar-refractivity contribution < 1.29 is 9.57 Å². The highest BCUT2D eigenvalue weighted by Crippen LogP contribution is 2.16. The van der Waals surface area contributed by atoms with Gasteiger partial charge in [-0.05, 0) is 23.3 Å². The van der Waals surface area contributed by atoms with E-state index in [1.54, 1.807) is 4.73 Å². The van der Waals surface area contributed by atoms with Crippen molar-refractivity contribution in [3.05, 3.63) is 85.2 Å². The van der Waals surface area contributed by atoms with Crippen molar-refractivity contribution in [2.75, 3.05) is 0 Å². The van der Waals surface area contributed by atoms with Crippen LogP contribution in [0.25, 0.3) is 11.1 Å². The van der Waals surface area contributed by atoms with Gasteiger partial charge in [-0.25, -0.2) is 4.84 Å². The molecule has 2 aromatic carbocycles. The molecule has 0 aliphatic carbocycles. The molecular formula is C17H14NO+. The molecule has 2 heteroatoms. The molecule has 0 unspecified atom stereocenters. The summed E-state index contributed by atoms with van der Waals surface area (Å²) >= 11 is 0. The van der Waals surface area contributed by atoms with Gasteiger partial charge in [0.05, 0.1) is 0 Å². The third-order valence-electron chi connectivity index (χ3n) is 2.86. The minimum atomic E-state index is 0.819. The largest absolute Gasteiger partial charge is 0.232 e. The van der Waals surface area contributed by atoms with E-state index in [1.807, 2.05) is 73.1 Å². The van der Waals surface area contributed by atoms with Crippen molar-refractivity contribution >= 4 is 0 Å². The van der Waals surface area contributed by atoms with E-state index < -0.39 is 0 Å². The van der Waals surface area contributed by atoms with Gasteiger partial charge in [0.15, 0.2) is 0 Å². The number of para-hydroxylation sites is 1. The molecule has 1 aromatic heterocycles. The Labute approximate surface area is 112 Å². The number of hydrogen-bond acceptors (Lipinski definition) is 1. The molecule has 0 N–H and O–H groups in total. The fourth-order valence-corrected chi connectivity index (χ4v) is 1.90. The molecule has 0 bridgehead atoms. The highest BCUT2D eigenvalue weighted by Gasteiger charge is 2.04. The summed E-state index contributed by atoms with van der Waals surface area (Å²) < 4.78 is 1.70. The molecule has 92 valence electrons. The lowest BCUT2D eigenvalue weighted by molar-refractivity contribution is -0.875. The van der Waals surface area contributed by atoms with E-state index in [0.717, 1.165) is 5.75 Å². The molecule has 0 aliphatic rings. The van der Waals surface area contributed by atoms with E-state index in [1.165, 1.54) is 11.1 Å². The van der Waals surface area contributed by atoms with Crippen molar-refractivity contribution in [2.45, 2.75) is 0 Å². The third kappa shape index (κ3) is 2.80. The fraction of sp³-hybridized carbons (Fsp3) is 0. The highest BCUT2D eigenvalue weighted by molar-refractivity contribution is 5.61. The standard InChI is InChI=1S/C17H14NO/c1-3-7-15(8-4-1)16-11-13-18(14-12-16)19-17-9-5-2-6-10-17/h1-14H/q+1. The number of rotatable bonds is 3. The number of aromatic nitrogens is 1. The van der Waals surface area contributed by atoms with Crippen molar-refractivity contribution in [3.63, 3.8) is 0 Å². The molecule has 0 spiro atoms. The smallest absolute Gasteiger partial charge is 0.223 e. The Morgan fingerprint density at radius 2 is 1.11 bits per heavy atom. The van der Waals surface area contributed by atoms with Crippen LogP contribution in [0.4, 0.5) is 0 Å². The Hall–Kier alpha value is -2.61. The lowest BCUT2D eigenvalue weighted by Crippen LogP contribution is -2.38. The summed E-state index contributed by atoms with van der Waals surface area (Å²) in [5.41, 5.74) is 2.38. The van der Waals surface area contributed by atoms with Crippen LogP contribution in [-0.2, 0) is 0 Å². The summed E-state index contributed by atoms with van der Waals surface area (Å²) in [5, 5.41) is 0. The minimum absolute atomic E-state index is 0.819. The second-order valence-electron chi connectivity index (χ2n) is 4.22. The Morgan fingerprint density at radius 3 is 1.74 bits per heavy atom. The van der Waals surface area contributed by atoms with Gasteiger partial charge in [-0.3, -0.25) is 0 Å². The lowest BCUT2D eigenvalue weighted by Gasteiger charge is -2.00. The maximum atomic E-state index is 5.69. The minimum Gasteiger partial charge on any atom is -0.232 e. The molecule has 0 radical (unpaired) electrons. The quantitative estimate of drug-likeness (QED) is 0.647. The predicted octanol–water partition coefficient (Wildman–Crippen LogP) is 3.48. The zero-order valence-corrected chi connectivity index (χ0v) is 10.4. The van der Waals surface area contributed by atoms with Gasteiger partial charge in [0.25, 0.3) is 0 Å². The zero-order valence-electron chi connectivity index (χ0n) is 10.4. The van der Waals surface area contributed by atoms with E-state index in [0.29, 0.717) is 0 Å². The van der Waals surface area contributed by atoms with Crippen LogP contribution >= 0.6 is 0 Å². The molecule has 0 atom stereocenters. The summed E-state index contributed by atoms with van der Waals surface area (Å²) in [5.74, 6) is 0.819. The lowest BCUT2D eigenvalue weighted by atomic mass is 10.1. The van der Waals surface area contributed by atoms with Crippen molar-refractivity contribution in [2.24, 2.45) is 0 Å². The van der Waals surface area contributed by atoms with Gasteiger partial charge >= 0.3 is 0 Å². The van der Waals surface area contributed by atoms with E-state index in [4.69, 9.17) is 4.84 Å². The van der Waals surface area contributed by atoms with Crippen molar-refractivity contribution in [1.82, 2.24) is 0 Å². The Balaban J connectivity index is 1.80. The molecular weight excluding hydrogens is 234 g/mol. The topological polar surface area (TPSA) is 13.1 Å². The second kappa shape index (κ2) is 5.36. The third-order valence-corrected chi connectivity index (χ3v) is 2.86. The van der Waals surface area contributed by atoms with Crippen LogP contribution in [0.1, 0.15) is 0 Å². The van der Waals surface area contributed by atoms with E-state index in [-0.39, 0.29) is 0 Å². The summed E-state index contributed by atoms with van der Waals surface area (Å²) in [4.78, 5) is 5.69. The van der Waals surface area contributed by atoms with Gasteiger partial charge in [0, 0.05) is 16.9 Å². The highest BCUT2D eigenvalue weighted by atomic mass is 16.7. The summed E-state index contributed by atoms with van der Waals surface area (Å²) in [7, 11) is 0. The molecule has 0 aliphatic heterocycles. The zero-order chi connectivity index (χ0) is 12.9. The van der Waals surface area contributed by atoms with Crippen LogP contribution in [0.2, 0.25) is 0 Å². The van der Waals surface area contributed by atoms with Crippen molar-refractivity contribution in [3.8, 4) is 16.9 Å². The monoisotopic (exact) mass is 248 g/mol. The molecule has 1 heterocycles. The number of pyridine rings is 1. The van der Waals surface area contributed by atoms with Crippen LogP contribution in [0.15, 0.2) is 85.2 Å². The van der Waals surface area contributed by atoms with E-state index >= 15 is 0 Å². The van der Waals surface area contributed by atoms with Crippen LogP contribution in [0, 0.1) is 0 Å². The first-order valence-corrected chi connectivity index (χ1v) is 6.22. The molecule has 3 rings (SSSR count). The van der Waals surface area contributed by atoms with Gasteiger partial charge in [-0.15, -0.1) is 0 Å². The first-order chi connectivity index (χ1) is 9.42. The van der Waals surface area contributed by atoms with Crippen LogP contribution in [0.3, 0.4) is 0 Å². The van der Waals surface area contributed by atoms with Gasteiger partial charge in [0.2, 0.25) is 18.1 Å². The predicted molar refractivity (Wildman–Crippen MR) is 74.5 cm³/mol. The first-order valence-electron chi connectivity index (χ1n) is 6.22. The van der Waals surface area contributed by atoms with E-state index in [9.17, 15) is 0 Å². The summed E-state index contributed by atoms with van der Waals surface area (Å²) in [6.07, 6.45) is 3.82. The molecule has 2 nitrogen and oxygen atoms in total. The van der Waals surface area contributed by atoms with Crippen LogP contribution < -0.4 is 9.57 Å². The normalized spacial score (nSPS) is 10.1. The molecule has 0 saturated heterocycles. The van der Waals surface area contributed by atoms with Gasteiger partial charge < -0.3 is 0 Å². The fourth-order valence-electron chi connectivity index (χ4n) is 1.90. The second-order valence-corrected chi connectivity index (χ2v) is 4.22. The summed E-state index contributed by atoms with van der Waals surface area (Å²) in [6.45, 7) is 0. The first kappa shape index (κ1) is 11.5. The number of hydrogen-bond donors (Lipinski definition) is 0. The SMILES string of the molecule is c1ccc(O[n+]2ccc(-c3ccccc3)cc2)cc1. The summed E-state index contributed by atoms with van der Waals surface area (Å²) in [6, 6.07) is 24.1. The molecule has 0 saturated carbocycles. The molecule has 3 aromatic rings. The maximum absolute atomic E-state index is 5.69. The molecule has 0 fully saturated rings. The van der Waals surface area contributed by atoms with E-state index in [2.05, 4.69) is 12.1 Å². The number of nitrogens with zero attached hydrogens (tertiary/aromatic N) is 1. The Kier molecular flexibility index (Phi) is 3.24. The number of benzene rings is 2. The average molecular weight is 248 g/mol. The Bertz CT molecular complexity index is 633. The van der Waals surface area contributed by atoms with Gasteiger partial charge in [-0.2, -0.15) is 0 Å². The van der Waals surface area contributed by atoms with Crippen LogP contribution in [-0.4, -0.2) is 0 Å². The molecule has 0 amide bonds. The average Bonchev–Trinajstić information content (AvgIpc) is 2.50. The maximum Gasteiger partial charge on any atom is 0.223 e. The van der Waals surface area contributed by atoms with Crippen molar-refractivity contribution in [1.29, 1.82) is 0 Å². The van der Waals surface area contributed by atoms with Gasteiger partial charge in [0.1, 0.15) is 0 Å².